The number of carbonyl (C=O) groups is 1. The van der Waals surface area contributed by atoms with Gasteiger partial charge in [-0.2, -0.15) is 0 Å². The van der Waals surface area contributed by atoms with Crippen molar-refractivity contribution >= 4 is 33.3 Å². The second kappa shape index (κ2) is 7.84. The van der Waals surface area contributed by atoms with E-state index in [-0.39, 0.29) is 11.9 Å². The molecule has 1 N–H and O–H groups in total. The Balaban J connectivity index is 1.16. The SMILES string of the molecule is CC(NC(=O)C(C)N1CCN(c2ncnc3sccc23)CC1)C1CC2CCC1C2. The molecule has 5 rings (SSSR count). The third kappa shape index (κ3) is 3.63. The number of aromatic nitrogens is 2. The number of piperazine rings is 1. The lowest BCUT2D eigenvalue weighted by Crippen LogP contribution is -2.55. The van der Waals surface area contributed by atoms with Gasteiger partial charge in [-0.1, -0.05) is 6.42 Å². The van der Waals surface area contributed by atoms with Crippen LogP contribution >= 0.6 is 11.3 Å². The van der Waals surface area contributed by atoms with Gasteiger partial charge in [-0.05, 0) is 62.3 Å². The van der Waals surface area contributed by atoms with Crippen molar-refractivity contribution in [2.24, 2.45) is 17.8 Å². The Morgan fingerprint density at radius 1 is 1.17 bits per heavy atom. The van der Waals surface area contributed by atoms with Crippen LogP contribution in [0.25, 0.3) is 10.2 Å². The van der Waals surface area contributed by atoms with Crippen molar-refractivity contribution in [3.05, 3.63) is 17.8 Å². The van der Waals surface area contributed by atoms with E-state index in [0.29, 0.717) is 12.0 Å². The van der Waals surface area contributed by atoms with Gasteiger partial charge < -0.3 is 10.2 Å². The maximum Gasteiger partial charge on any atom is 0.237 e. The number of nitrogens with one attached hydrogen (secondary N) is 1. The van der Waals surface area contributed by atoms with Gasteiger partial charge in [0, 0.05) is 32.2 Å². The highest BCUT2D eigenvalue weighted by Gasteiger charge is 2.42. The Morgan fingerprint density at radius 2 is 2.00 bits per heavy atom. The highest BCUT2D eigenvalue weighted by Crippen LogP contribution is 2.49. The van der Waals surface area contributed by atoms with Crippen molar-refractivity contribution in [1.29, 1.82) is 0 Å². The van der Waals surface area contributed by atoms with E-state index in [1.54, 1.807) is 17.7 Å². The van der Waals surface area contributed by atoms with Crippen molar-refractivity contribution in [2.45, 2.75) is 51.6 Å². The summed E-state index contributed by atoms with van der Waals surface area (Å²) in [5, 5.41) is 6.56. The van der Waals surface area contributed by atoms with Crippen molar-refractivity contribution in [3.8, 4) is 0 Å². The third-order valence-electron chi connectivity index (χ3n) is 7.59. The van der Waals surface area contributed by atoms with Crippen molar-refractivity contribution < 1.29 is 4.79 Å². The smallest absolute Gasteiger partial charge is 0.237 e. The predicted octanol–water partition coefficient (Wildman–Crippen LogP) is 3.14. The zero-order valence-corrected chi connectivity index (χ0v) is 18.2. The van der Waals surface area contributed by atoms with E-state index >= 15 is 0 Å². The molecule has 0 radical (unpaired) electrons. The first-order chi connectivity index (χ1) is 14.1. The van der Waals surface area contributed by atoms with Crippen molar-refractivity contribution in [3.63, 3.8) is 0 Å². The van der Waals surface area contributed by atoms with Crippen LogP contribution in [0.5, 0.6) is 0 Å². The first kappa shape index (κ1) is 19.2. The highest BCUT2D eigenvalue weighted by atomic mass is 32.1. The molecule has 1 aliphatic heterocycles. The van der Waals surface area contributed by atoms with Gasteiger partial charge in [0.05, 0.1) is 11.4 Å². The summed E-state index contributed by atoms with van der Waals surface area (Å²) in [5.74, 6) is 3.67. The zero-order chi connectivity index (χ0) is 20.0. The maximum atomic E-state index is 12.9. The fraction of sp³-hybridized carbons (Fsp3) is 0.682. The summed E-state index contributed by atoms with van der Waals surface area (Å²) in [6, 6.07) is 2.33. The normalized spacial score (nSPS) is 29.3. The molecular weight excluding hydrogens is 382 g/mol. The van der Waals surface area contributed by atoms with Crippen LogP contribution in [0.2, 0.25) is 0 Å². The van der Waals surface area contributed by atoms with Gasteiger partial charge in [0.15, 0.2) is 0 Å². The van der Waals surface area contributed by atoms with Gasteiger partial charge >= 0.3 is 0 Å². The molecule has 3 fully saturated rings. The van der Waals surface area contributed by atoms with Crippen LogP contribution in [0.15, 0.2) is 17.8 Å². The lowest BCUT2D eigenvalue weighted by molar-refractivity contribution is -0.127. The summed E-state index contributed by atoms with van der Waals surface area (Å²) in [5.41, 5.74) is 0. The first-order valence-corrected chi connectivity index (χ1v) is 12.0. The number of rotatable bonds is 5. The Kier molecular flexibility index (Phi) is 5.20. The van der Waals surface area contributed by atoms with Crippen LogP contribution in [0.1, 0.15) is 39.5 Å². The number of hydrogen-bond acceptors (Lipinski definition) is 6. The molecule has 2 aromatic rings. The molecule has 0 spiro atoms. The number of fused-ring (bicyclic) bond motifs is 3. The minimum atomic E-state index is -0.0789. The van der Waals surface area contributed by atoms with E-state index < -0.39 is 0 Å². The Labute approximate surface area is 176 Å². The van der Waals surface area contributed by atoms with Crippen LogP contribution in [0.4, 0.5) is 5.82 Å². The molecule has 2 bridgehead atoms. The summed E-state index contributed by atoms with van der Waals surface area (Å²) < 4.78 is 0. The van der Waals surface area contributed by atoms with Gasteiger partial charge in [0.2, 0.25) is 5.91 Å². The third-order valence-corrected chi connectivity index (χ3v) is 8.41. The summed E-state index contributed by atoms with van der Waals surface area (Å²) in [4.78, 5) is 27.5. The number of amides is 1. The van der Waals surface area contributed by atoms with Crippen LogP contribution < -0.4 is 10.2 Å². The fourth-order valence-corrected chi connectivity index (χ4v) is 6.60. The fourth-order valence-electron chi connectivity index (χ4n) is 5.87. The molecule has 156 valence electrons. The van der Waals surface area contributed by atoms with Crippen LogP contribution in [0, 0.1) is 17.8 Å². The minimum Gasteiger partial charge on any atom is -0.353 e. The molecule has 5 atom stereocenters. The molecule has 6 nitrogen and oxygen atoms in total. The average molecular weight is 414 g/mol. The molecule has 2 aliphatic carbocycles. The Morgan fingerprint density at radius 3 is 2.72 bits per heavy atom. The topological polar surface area (TPSA) is 61.4 Å². The first-order valence-electron chi connectivity index (χ1n) is 11.1. The summed E-state index contributed by atoms with van der Waals surface area (Å²) in [7, 11) is 0. The quantitative estimate of drug-likeness (QED) is 0.816. The van der Waals surface area contributed by atoms with E-state index in [2.05, 4.69) is 50.4 Å². The lowest BCUT2D eigenvalue weighted by atomic mass is 9.84. The Hall–Kier alpha value is -1.73. The summed E-state index contributed by atoms with van der Waals surface area (Å²) in [6.07, 6.45) is 7.14. The van der Waals surface area contributed by atoms with Gasteiger partial charge in [0.25, 0.3) is 0 Å². The van der Waals surface area contributed by atoms with Crippen LogP contribution in [0.3, 0.4) is 0 Å². The lowest BCUT2D eigenvalue weighted by Gasteiger charge is -2.38. The monoisotopic (exact) mass is 413 g/mol. The second-order valence-electron chi connectivity index (χ2n) is 9.17. The molecule has 1 amide bonds. The minimum absolute atomic E-state index is 0.0789. The maximum absolute atomic E-state index is 12.9. The molecular formula is C22H31N5OS. The summed E-state index contributed by atoms with van der Waals surface area (Å²) in [6.45, 7) is 7.82. The molecule has 3 aliphatic rings. The number of hydrogen-bond donors (Lipinski definition) is 1. The molecule has 1 saturated heterocycles. The Bertz CT molecular complexity index is 877. The van der Waals surface area contributed by atoms with Crippen LogP contribution in [-0.4, -0.2) is 59.0 Å². The molecule has 7 heteroatoms. The van der Waals surface area contributed by atoms with Crippen molar-refractivity contribution in [2.75, 3.05) is 31.1 Å². The molecule has 2 aromatic heterocycles. The number of anilines is 1. The van der Waals surface area contributed by atoms with E-state index in [4.69, 9.17) is 0 Å². The number of carbonyl (C=O) groups excluding carboxylic acids is 1. The van der Waals surface area contributed by atoms with Gasteiger partial charge in [-0.15, -0.1) is 11.3 Å². The molecule has 29 heavy (non-hydrogen) atoms. The molecule has 2 saturated carbocycles. The van der Waals surface area contributed by atoms with Gasteiger partial charge in [0.1, 0.15) is 17.0 Å². The average Bonchev–Trinajstić information content (AvgIpc) is 3.49. The van der Waals surface area contributed by atoms with Crippen molar-refractivity contribution in [1.82, 2.24) is 20.2 Å². The van der Waals surface area contributed by atoms with E-state index in [0.717, 1.165) is 54.0 Å². The predicted molar refractivity (Wildman–Crippen MR) is 117 cm³/mol. The molecule has 0 aromatic carbocycles. The van der Waals surface area contributed by atoms with Crippen LogP contribution in [-0.2, 0) is 4.79 Å². The molecule has 3 heterocycles. The zero-order valence-electron chi connectivity index (χ0n) is 17.4. The van der Waals surface area contributed by atoms with E-state index in [1.807, 2.05) is 0 Å². The number of thiophene rings is 1. The highest BCUT2D eigenvalue weighted by molar-refractivity contribution is 7.16. The van der Waals surface area contributed by atoms with Gasteiger partial charge in [-0.25, -0.2) is 9.97 Å². The summed E-state index contributed by atoms with van der Waals surface area (Å²) >= 11 is 1.65. The second-order valence-corrected chi connectivity index (χ2v) is 10.1. The van der Waals surface area contributed by atoms with E-state index in [1.165, 1.54) is 25.7 Å². The number of nitrogens with zero attached hydrogens (tertiary/aromatic N) is 4. The molecule has 5 unspecified atom stereocenters. The standard InChI is InChI=1S/C22H31N5OS/c1-14(19-12-16-3-4-17(19)11-16)25-21(28)15(2)26-6-8-27(9-7-26)20-18-5-10-29-22(18)24-13-23-20/h5,10,13-17,19H,3-4,6-9,11-12H2,1-2H3,(H,25,28). The van der Waals surface area contributed by atoms with E-state index in [9.17, 15) is 4.79 Å². The largest absolute Gasteiger partial charge is 0.353 e. The van der Waals surface area contributed by atoms with Gasteiger partial charge in [-0.3, -0.25) is 9.69 Å².